The summed E-state index contributed by atoms with van der Waals surface area (Å²) in [4.78, 5) is 10.8. The lowest BCUT2D eigenvalue weighted by molar-refractivity contribution is -0.0274. The van der Waals surface area contributed by atoms with E-state index in [1.54, 1.807) is 12.1 Å². The van der Waals surface area contributed by atoms with Gasteiger partial charge in [0.25, 0.3) is 0 Å². The Balaban J connectivity index is 1.91. The lowest BCUT2D eigenvalue weighted by Gasteiger charge is -2.28. The first kappa shape index (κ1) is 15.8. The molecule has 5 N–H and O–H groups in total. The Bertz CT molecular complexity index is 491. The molecule has 0 spiro atoms. The summed E-state index contributed by atoms with van der Waals surface area (Å²) >= 11 is 0. The topological polar surface area (TPSA) is 96.6 Å². The van der Waals surface area contributed by atoms with Crippen LogP contribution in [0.5, 0.6) is 0 Å². The summed E-state index contributed by atoms with van der Waals surface area (Å²) in [6.07, 6.45) is 0.495. The van der Waals surface area contributed by atoms with Gasteiger partial charge in [-0.3, -0.25) is 0 Å². The number of anilines is 1. The van der Waals surface area contributed by atoms with Gasteiger partial charge in [0.2, 0.25) is 0 Å². The number of urea groups is 1. The number of hydrogen-bond donors (Lipinski definition) is 4. The predicted octanol–water partition coefficient (Wildman–Crippen LogP) is 1.37. The third-order valence-electron chi connectivity index (χ3n) is 4.05. The molecule has 2 rings (SSSR count). The van der Waals surface area contributed by atoms with E-state index in [1.807, 2.05) is 26.0 Å². The first-order valence-electron chi connectivity index (χ1n) is 7.14. The maximum atomic E-state index is 10.8. The van der Waals surface area contributed by atoms with Gasteiger partial charge in [0.15, 0.2) is 0 Å². The molecule has 1 aromatic carbocycles. The fraction of sp³-hybridized carbons (Fsp3) is 0.533. The Morgan fingerprint density at radius 3 is 2.71 bits per heavy atom. The van der Waals surface area contributed by atoms with E-state index in [4.69, 9.17) is 10.5 Å². The average Bonchev–Trinajstić information content (AvgIpc) is 2.77. The summed E-state index contributed by atoms with van der Waals surface area (Å²) in [7, 11) is 0. The number of aliphatic hydroxyl groups is 1. The molecule has 2 amide bonds. The molecule has 3 atom stereocenters. The van der Waals surface area contributed by atoms with Crippen LogP contribution in [0.1, 0.15) is 31.9 Å². The molecule has 3 unspecified atom stereocenters. The molecule has 1 saturated heterocycles. The van der Waals surface area contributed by atoms with E-state index >= 15 is 0 Å². The van der Waals surface area contributed by atoms with Gasteiger partial charge in [-0.2, -0.15) is 0 Å². The van der Waals surface area contributed by atoms with Crippen LogP contribution in [0.15, 0.2) is 24.3 Å². The molecule has 0 saturated carbocycles. The highest BCUT2D eigenvalue weighted by molar-refractivity contribution is 5.87. The van der Waals surface area contributed by atoms with Crippen molar-refractivity contribution in [1.29, 1.82) is 0 Å². The van der Waals surface area contributed by atoms with Crippen molar-refractivity contribution in [3.8, 4) is 0 Å². The van der Waals surface area contributed by atoms with Crippen molar-refractivity contribution in [2.24, 2.45) is 5.73 Å². The van der Waals surface area contributed by atoms with E-state index in [1.165, 1.54) is 0 Å². The molecule has 0 aliphatic carbocycles. The van der Waals surface area contributed by atoms with Crippen LogP contribution in [-0.4, -0.2) is 36.0 Å². The minimum atomic E-state index is -0.804. The molecule has 1 fully saturated rings. The number of benzene rings is 1. The molecule has 21 heavy (non-hydrogen) atoms. The average molecular weight is 293 g/mol. The Hall–Kier alpha value is -1.63. The molecule has 6 nitrogen and oxygen atoms in total. The van der Waals surface area contributed by atoms with E-state index in [9.17, 15) is 9.90 Å². The van der Waals surface area contributed by atoms with E-state index in [-0.39, 0.29) is 12.1 Å². The Morgan fingerprint density at radius 2 is 2.19 bits per heavy atom. The summed E-state index contributed by atoms with van der Waals surface area (Å²) in [5.74, 6) is 0. The molecule has 116 valence electrons. The van der Waals surface area contributed by atoms with Crippen molar-refractivity contribution in [1.82, 2.24) is 5.32 Å². The van der Waals surface area contributed by atoms with Gasteiger partial charge in [0.1, 0.15) is 5.60 Å². The number of carbonyl (C=O) groups is 1. The smallest absolute Gasteiger partial charge is 0.316 e. The van der Waals surface area contributed by atoms with Crippen LogP contribution in [0.4, 0.5) is 10.5 Å². The number of hydrogen-bond acceptors (Lipinski definition) is 4. The Kier molecular flexibility index (Phi) is 4.82. The summed E-state index contributed by atoms with van der Waals surface area (Å²) in [5.41, 5.74) is 5.99. The zero-order chi connectivity index (χ0) is 15.5. The van der Waals surface area contributed by atoms with Gasteiger partial charge >= 0.3 is 6.03 Å². The van der Waals surface area contributed by atoms with Gasteiger partial charge in [-0.1, -0.05) is 12.1 Å². The number of nitrogens with two attached hydrogens (primary N) is 1. The molecule has 1 aliphatic rings. The van der Waals surface area contributed by atoms with E-state index in [2.05, 4.69) is 10.6 Å². The van der Waals surface area contributed by atoms with Gasteiger partial charge < -0.3 is 26.2 Å². The van der Waals surface area contributed by atoms with Crippen LogP contribution < -0.4 is 16.4 Å². The molecule has 1 aliphatic heterocycles. The van der Waals surface area contributed by atoms with E-state index in [0.29, 0.717) is 25.3 Å². The number of carbonyl (C=O) groups excluding carboxylic acids is 1. The third-order valence-corrected chi connectivity index (χ3v) is 4.05. The SMILES string of the molecule is CC(NCC1(O)CCOC1C)c1ccc(NC(N)=O)cc1. The standard InChI is InChI=1S/C15H23N3O3/c1-10(17-9-15(20)7-8-21-11(15)2)12-3-5-13(6-4-12)18-14(16)19/h3-6,10-11,17,20H,7-9H2,1-2H3,(H3,16,18,19). The normalized spacial score (nSPS) is 26.5. The second kappa shape index (κ2) is 6.43. The minimum absolute atomic E-state index is 0.0875. The van der Waals surface area contributed by atoms with E-state index in [0.717, 1.165) is 5.56 Å². The third kappa shape index (κ3) is 3.93. The first-order chi connectivity index (χ1) is 9.90. The summed E-state index contributed by atoms with van der Waals surface area (Å²) in [6, 6.07) is 6.95. The molecule has 1 aromatic rings. The zero-order valence-electron chi connectivity index (χ0n) is 12.4. The quantitative estimate of drug-likeness (QED) is 0.659. The lowest BCUT2D eigenvalue weighted by Crippen LogP contribution is -2.46. The molecule has 6 heteroatoms. The van der Waals surface area contributed by atoms with E-state index < -0.39 is 11.6 Å². The van der Waals surface area contributed by atoms with Crippen molar-refractivity contribution in [3.05, 3.63) is 29.8 Å². The first-order valence-corrected chi connectivity index (χ1v) is 7.14. The number of ether oxygens (including phenoxy) is 1. The largest absolute Gasteiger partial charge is 0.386 e. The van der Waals surface area contributed by atoms with Crippen LogP contribution in [0.2, 0.25) is 0 Å². The van der Waals surface area contributed by atoms with Crippen LogP contribution in [-0.2, 0) is 4.74 Å². The zero-order valence-corrected chi connectivity index (χ0v) is 12.4. The van der Waals surface area contributed by atoms with Gasteiger partial charge in [-0.15, -0.1) is 0 Å². The Morgan fingerprint density at radius 1 is 1.52 bits per heavy atom. The van der Waals surface area contributed by atoms with Gasteiger partial charge in [0, 0.05) is 31.3 Å². The summed E-state index contributed by atoms with van der Waals surface area (Å²) < 4.78 is 5.42. The maximum Gasteiger partial charge on any atom is 0.316 e. The lowest BCUT2D eigenvalue weighted by atomic mass is 9.96. The highest BCUT2D eigenvalue weighted by Gasteiger charge is 2.39. The monoisotopic (exact) mass is 293 g/mol. The second-order valence-corrected chi connectivity index (χ2v) is 5.58. The van der Waals surface area contributed by atoms with Crippen molar-refractivity contribution in [2.75, 3.05) is 18.5 Å². The summed E-state index contributed by atoms with van der Waals surface area (Å²) in [6.45, 7) is 5.00. The number of amides is 2. The molecule has 0 aromatic heterocycles. The van der Waals surface area contributed by atoms with Crippen LogP contribution in [0, 0.1) is 0 Å². The Labute approximate surface area is 124 Å². The molecule has 0 bridgehead atoms. The van der Waals surface area contributed by atoms with Crippen LogP contribution >= 0.6 is 0 Å². The number of nitrogens with one attached hydrogen (secondary N) is 2. The minimum Gasteiger partial charge on any atom is -0.386 e. The molecule has 1 heterocycles. The summed E-state index contributed by atoms with van der Waals surface area (Å²) in [5, 5.41) is 16.3. The molecular formula is C15H23N3O3. The second-order valence-electron chi connectivity index (χ2n) is 5.58. The van der Waals surface area contributed by atoms with Gasteiger partial charge in [-0.25, -0.2) is 4.79 Å². The molecular weight excluding hydrogens is 270 g/mol. The molecule has 0 radical (unpaired) electrons. The van der Waals surface area contributed by atoms with Crippen molar-refractivity contribution < 1.29 is 14.6 Å². The highest BCUT2D eigenvalue weighted by Crippen LogP contribution is 2.26. The van der Waals surface area contributed by atoms with Crippen LogP contribution in [0.3, 0.4) is 0 Å². The predicted molar refractivity (Wildman–Crippen MR) is 81.0 cm³/mol. The van der Waals surface area contributed by atoms with Crippen molar-refractivity contribution in [3.63, 3.8) is 0 Å². The van der Waals surface area contributed by atoms with Crippen molar-refractivity contribution >= 4 is 11.7 Å². The van der Waals surface area contributed by atoms with Crippen molar-refractivity contribution in [2.45, 2.75) is 38.0 Å². The fourth-order valence-corrected chi connectivity index (χ4v) is 2.45. The number of rotatable bonds is 5. The highest BCUT2D eigenvalue weighted by atomic mass is 16.5. The number of primary amides is 1. The van der Waals surface area contributed by atoms with Gasteiger partial charge in [-0.05, 0) is 31.5 Å². The maximum absolute atomic E-state index is 10.8. The fourth-order valence-electron chi connectivity index (χ4n) is 2.45. The van der Waals surface area contributed by atoms with Gasteiger partial charge in [0.05, 0.1) is 6.10 Å². The van der Waals surface area contributed by atoms with Crippen LogP contribution in [0.25, 0.3) is 0 Å².